The van der Waals surface area contributed by atoms with E-state index in [9.17, 15) is 14.4 Å². The molecular weight excluding hydrogens is 392 g/mol. The average Bonchev–Trinajstić information content (AvgIpc) is 3.50. The molecule has 0 spiro atoms. The fourth-order valence-electron chi connectivity index (χ4n) is 4.45. The molecule has 4 rings (SSSR count). The zero-order valence-electron chi connectivity index (χ0n) is 17.8. The van der Waals surface area contributed by atoms with Gasteiger partial charge in [-0.1, -0.05) is 12.2 Å². The molecule has 7 atom stereocenters. The highest BCUT2D eigenvalue weighted by atomic mass is 16.7. The first kappa shape index (κ1) is 21.1. The molecule has 0 radical (unpaired) electrons. The van der Waals surface area contributed by atoms with Crippen LogP contribution in [0.5, 0.6) is 0 Å². The molecular formula is C22H28O8. The van der Waals surface area contributed by atoms with Crippen molar-refractivity contribution in [3.8, 4) is 0 Å². The van der Waals surface area contributed by atoms with Crippen molar-refractivity contribution < 1.29 is 38.1 Å². The summed E-state index contributed by atoms with van der Waals surface area (Å²) in [5.74, 6) is -1.96. The van der Waals surface area contributed by atoms with Crippen molar-refractivity contribution >= 4 is 17.9 Å². The van der Waals surface area contributed by atoms with Gasteiger partial charge in [-0.3, -0.25) is 4.79 Å². The van der Waals surface area contributed by atoms with Gasteiger partial charge in [-0.15, -0.1) is 0 Å². The second-order valence-corrected chi connectivity index (χ2v) is 8.94. The predicted molar refractivity (Wildman–Crippen MR) is 103 cm³/mol. The van der Waals surface area contributed by atoms with E-state index in [1.54, 1.807) is 13.8 Å². The molecule has 8 heteroatoms. The standard InChI is InChI=1S/C22H28O8/c1-11-6-7-17-22(30-17,10-26-14(4)23)9-16(28-20(25)21(5)13(3)29-21)18-12(2)19(24)27-15(18)8-11/h8,13,15-18H,2,6-7,9-10H2,1,3-5H3/b11-8-/t13-,15+,16+,17+,18-,21+,22-/m0/s1. The molecule has 8 nitrogen and oxygen atoms in total. The molecule has 0 saturated carbocycles. The van der Waals surface area contributed by atoms with Gasteiger partial charge in [-0.05, 0) is 39.7 Å². The maximum Gasteiger partial charge on any atom is 0.341 e. The molecule has 0 bridgehead atoms. The summed E-state index contributed by atoms with van der Waals surface area (Å²) in [5.41, 5.74) is -0.463. The molecule has 1 aliphatic carbocycles. The number of hydrogen-bond acceptors (Lipinski definition) is 8. The molecule has 0 aromatic carbocycles. The molecule has 0 aromatic rings. The number of hydrogen-bond donors (Lipinski definition) is 0. The molecule has 3 fully saturated rings. The Morgan fingerprint density at radius 3 is 2.67 bits per heavy atom. The third-order valence-corrected chi connectivity index (χ3v) is 6.69. The Bertz CT molecular complexity index is 831. The number of ether oxygens (including phenoxy) is 5. The predicted octanol–water partition coefficient (Wildman–Crippen LogP) is 2.00. The lowest BCUT2D eigenvalue weighted by atomic mass is 9.82. The first-order chi connectivity index (χ1) is 14.1. The molecule has 164 valence electrons. The van der Waals surface area contributed by atoms with Gasteiger partial charge in [0.2, 0.25) is 0 Å². The number of carbonyl (C=O) groups excluding carboxylic acids is 3. The number of fused-ring (bicyclic) bond motifs is 2. The third kappa shape index (κ3) is 3.67. The summed E-state index contributed by atoms with van der Waals surface area (Å²) in [5, 5.41) is 0. The van der Waals surface area contributed by atoms with Crippen LogP contribution >= 0.6 is 0 Å². The Labute approximate surface area is 175 Å². The lowest BCUT2D eigenvalue weighted by Gasteiger charge is -2.29. The molecule has 3 saturated heterocycles. The van der Waals surface area contributed by atoms with Gasteiger partial charge in [0.05, 0.1) is 18.1 Å². The van der Waals surface area contributed by atoms with Crippen LogP contribution in [0.3, 0.4) is 0 Å². The molecule has 0 amide bonds. The fourth-order valence-corrected chi connectivity index (χ4v) is 4.45. The van der Waals surface area contributed by atoms with E-state index in [1.807, 2.05) is 13.0 Å². The van der Waals surface area contributed by atoms with E-state index in [0.717, 1.165) is 18.4 Å². The Balaban J connectivity index is 1.66. The number of allylic oxidation sites excluding steroid dienone is 1. The molecule has 3 heterocycles. The number of esters is 3. The molecule has 4 aliphatic rings. The van der Waals surface area contributed by atoms with Gasteiger partial charge in [0.1, 0.15) is 24.4 Å². The maximum absolute atomic E-state index is 12.8. The quantitative estimate of drug-likeness (QED) is 0.224. The lowest BCUT2D eigenvalue weighted by Crippen LogP contribution is -2.42. The second-order valence-electron chi connectivity index (χ2n) is 8.94. The van der Waals surface area contributed by atoms with E-state index in [0.29, 0.717) is 0 Å². The van der Waals surface area contributed by atoms with E-state index in [1.165, 1.54) is 6.92 Å². The Kier molecular flexibility index (Phi) is 5.05. The van der Waals surface area contributed by atoms with Crippen LogP contribution in [0.2, 0.25) is 0 Å². The zero-order valence-corrected chi connectivity index (χ0v) is 17.8. The van der Waals surface area contributed by atoms with Gasteiger partial charge < -0.3 is 23.7 Å². The summed E-state index contributed by atoms with van der Waals surface area (Å²) in [4.78, 5) is 36.6. The van der Waals surface area contributed by atoms with Crippen LogP contribution in [0.25, 0.3) is 0 Å². The van der Waals surface area contributed by atoms with Gasteiger partial charge in [0.15, 0.2) is 5.60 Å². The van der Waals surface area contributed by atoms with Gasteiger partial charge in [0, 0.05) is 18.9 Å². The normalized spacial score (nSPS) is 44.0. The summed E-state index contributed by atoms with van der Waals surface area (Å²) in [6, 6.07) is 0. The minimum Gasteiger partial charge on any atom is -0.463 e. The SMILES string of the molecule is C=C1C(=O)O[C@@H]2/C=C(/C)CC[C@H]3O[C@]3(COC(C)=O)C[C@@H](OC(=O)[C@]3(C)O[C@H]3C)[C@@H]12. The van der Waals surface area contributed by atoms with Crippen LogP contribution in [0.15, 0.2) is 23.8 Å². The van der Waals surface area contributed by atoms with Crippen LogP contribution in [-0.4, -0.2) is 60.1 Å². The molecule has 30 heavy (non-hydrogen) atoms. The maximum atomic E-state index is 12.8. The molecule has 0 aromatic heterocycles. The molecule has 0 unspecified atom stereocenters. The Morgan fingerprint density at radius 1 is 1.33 bits per heavy atom. The van der Waals surface area contributed by atoms with Crippen LogP contribution in [0.4, 0.5) is 0 Å². The third-order valence-electron chi connectivity index (χ3n) is 6.69. The smallest absolute Gasteiger partial charge is 0.341 e. The topological polar surface area (TPSA) is 104 Å². The lowest BCUT2D eigenvalue weighted by molar-refractivity contribution is -0.160. The average molecular weight is 420 g/mol. The Morgan fingerprint density at radius 2 is 2.03 bits per heavy atom. The monoisotopic (exact) mass is 420 g/mol. The van der Waals surface area contributed by atoms with E-state index in [2.05, 4.69) is 6.58 Å². The van der Waals surface area contributed by atoms with Crippen molar-refractivity contribution in [3.63, 3.8) is 0 Å². The summed E-state index contributed by atoms with van der Waals surface area (Å²) in [7, 11) is 0. The van der Waals surface area contributed by atoms with Gasteiger partial charge in [0.25, 0.3) is 0 Å². The van der Waals surface area contributed by atoms with Crippen molar-refractivity contribution in [3.05, 3.63) is 23.8 Å². The van der Waals surface area contributed by atoms with Gasteiger partial charge in [-0.2, -0.15) is 0 Å². The molecule has 0 N–H and O–H groups in total. The zero-order chi connectivity index (χ0) is 21.8. The van der Waals surface area contributed by atoms with Gasteiger partial charge >= 0.3 is 17.9 Å². The summed E-state index contributed by atoms with van der Waals surface area (Å²) in [6.45, 7) is 10.7. The van der Waals surface area contributed by atoms with Crippen molar-refractivity contribution in [2.45, 2.75) is 82.6 Å². The summed E-state index contributed by atoms with van der Waals surface area (Å²) < 4.78 is 28.1. The number of epoxide rings is 2. The summed E-state index contributed by atoms with van der Waals surface area (Å²) in [6.07, 6.45) is 1.98. The highest BCUT2D eigenvalue weighted by molar-refractivity contribution is 5.91. The molecule has 3 aliphatic heterocycles. The fraction of sp³-hybridized carbons (Fsp3) is 0.682. The first-order valence-electron chi connectivity index (χ1n) is 10.3. The summed E-state index contributed by atoms with van der Waals surface area (Å²) >= 11 is 0. The Hall–Kier alpha value is -2.19. The van der Waals surface area contributed by atoms with Crippen LogP contribution in [0, 0.1) is 5.92 Å². The largest absolute Gasteiger partial charge is 0.463 e. The van der Waals surface area contributed by atoms with E-state index in [4.69, 9.17) is 23.7 Å². The minimum absolute atomic E-state index is 0.0622. The van der Waals surface area contributed by atoms with Gasteiger partial charge in [-0.25, -0.2) is 9.59 Å². The van der Waals surface area contributed by atoms with Crippen LogP contribution in [0.1, 0.15) is 47.0 Å². The highest BCUT2D eigenvalue weighted by Crippen LogP contribution is 2.49. The van der Waals surface area contributed by atoms with E-state index in [-0.39, 0.29) is 30.8 Å². The van der Waals surface area contributed by atoms with Crippen molar-refractivity contribution in [1.82, 2.24) is 0 Å². The highest BCUT2D eigenvalue weighted by Gasteiger charge is 2.62. The second kappa shape index (κ2) is 7.20. The number of carbonyl (C=O) groups is 3. The minimum atomic E-state index is -1.01. The van der Waals surface area contributed by atoms with Crippen molar-refractivity contribution in [1.29, 1.82) is 0 Å². The van der Waals surface area contributed by atoms with E-state index >= 15 is 0 Å². The van der Waals surface area contributed by atoms with Crippen molar-refractivity contribution in [2.24, 2.45) is 5.92 Å². The first-order valence-corrected chi connectivity index (χ1v) is 10.3. The number of rotatable bonds is 4. The van der Waals surface area contributed by atoms with Crippen LogP contribution < -0.4 is 0 Å². The van der Waals surface area contributed by atoms with Crippen molar-refractivity contribution in [2.75, 3.05) is 6.61 Å². The van der Waals surface area contributed by atoms with E-state index < -0.39 is 47.2 Å². The van der Waals surface area contributed by atoms with Crippen LogP contribution in [-0.2, 0) is 38.1 Å².